The van der Waals surface area contributed by atoms with Crippen molar-refractivity contribution in [1.29, 1.82) is 0 Å². The second kappa shape index (κ2) is 26.0. The lowest BCUT2D eigenvalue weighted by atomic mass is 9.99. The molecule has 2 unspecified atom stereocenters. The van der Waals surface area contributed by atoms with E-state index in [-0.39, 0.29) is 18.7 Å². The number of aliphatic hydroxyl groups excluding tert-OH is 2. The average Bonchev–Trinajstić information content (AvgIpc) is 2.81. The van der Waals surface area contributed by atoms with Gasteiger partial charge in [0.05, 0.1) is 18.8 Å². The van der Waals surface area contributed by atoms with E-state index in [2.05, 4.69) is 6.92 Å². The molecule has 0 aromatic heterocycles. The zero-order valence-corrected chi connectivity index (χ0v) is 22.0. The zero-order chi connectivity index (χ0) is 24.4. The van der Waals surface area contributed by atoms with Gasteiger partial charge in [-0.1, -0.05) is 96.8 Å². The van der Waals surface area contributed by atoms with Crippen molar-refractivity contribution in [3.63, 3.8) is 0 Å². The summed E-state index contributed by atoms with van der Waals surface area (Å²) in [4.78, 5) is 11.3. The molecule has 0 saturated carbocycles. The molecule has 0 amide bonds. The molecule has 2 atom stereocenters. The molecule has 0 aliphatic heterocycles. The van der Waals surface area contributed by atoms with Crippen molar-refractivity contribution in [1.82, 2.24) is 0 Å². The number of esters is 1. The highest BCUT2D eigenvalue weighted by atomic mass is 16.5. The summed E-state index contributed by atoms with van der Waals surface area (Å²) in [5, 5.41) is 19.7. The lowest BCUT2D eigenvalue weighted by Crippen LogP contribution is -2.29. The summed E-state index contributed by atoms with van der Waals surface area (Å²) in [7, 11) is 0. The van der Waals surface area contributed by atoms with E-state index in [0.717, 1.165) is 64.2 Å². The standard InChI is InChI=1S/C28H56O5/c1-3-5-6-7-8-9-10-11-14-17-22-27(33-25-20-19-24-29)26(30)21-16-13-12-15-18-23-28(31)32-4-2/h26-27,29-30H,3-25H2,1-2H3. The van der Waals surface area contributed by atoms with E-state index in [1.54, 1.807) is 0 Å². The summed E-state index contributed by atoms with van der Waals surface area (Å²) < 4.78 is 11.0. The SMILES string of the molecule is CCCCCCCCCCCCC(OCCCCO)C(O)CCCCCCCC(=O)OCC. The van der Waals surface area contributed by atoms with E-state index in [1.807, 2.05) is 6.92 Å². The van der Waals surface area contributed by atoms with Gasteiger partial charge in [-0.2, -0.15) is 0 Å². The highest BCUT2D eigenvalue weighted by molar-refractivity contribution is 5.69. The number of aliphatic hydroxyl groups is 2. The number of unbranched alkanes of at least 4 members (excludes halogenated alkanes) is 14. The number of ether oxygens (including phenoxy) is 2. The Morgan fingerprint density at radius 2 is 1.24 bits per heavy atom. The van der Waals surface area contributed by atoms with Gasteiger partial charge in [-0.3, -0.25) is 4.79 Å². The van der Waals surface area contributed by atoms with Gasteiger partial charge < -0.3 is 19.7 Å². The summed E-state index contributed by atoms with van der Waals surface area (Å²) >= 11 is 0. The smallest absolute Gasteiger partial charge is 0.305 e. The first-order valence-electron chi connectivity index (χ1n) is 14.2. The van der Waals surface area contributed by atoms with Gasteiger partial charge in [-0.05, 0) is 39.0 Å². The fraction of sp³-hybridized carbons (Fsp3) is 0.964. The lowest BCUT2D eigenvalue weighted by Gasteiger charge is -2.23. The monoisotopic (exact) mass is 472 g/mol. The Kier molecular flexibility index (Phi) is 25.5. The number of carbonyl (C=O) groups is 1. The molecule has 0 saturated heterocycles. The van der Waals surface area contributed by atoms with Crippen LogP contribution in [0.5, 0.6) is 0 Å². The molecule has 0 bridgehead atoms. The largest absolute Gasteiger partial charge is 0.466 e. The van der Waals surface area contributed by atoms with Crippen LogP contribution >= 0.6 is 0 Å². The van der Waals surface area contributed by atoms with E-state index in [4.69, 9.17) is 14.6 Å². The van der Waals surface area contributed by atoms with Crippen LogP contribution in [0.1, 0.15) is 142 Å². The summed E-state index contributed by atoms with van der Waals surface area (Å²) in [5.74, 6) is -0.0962. The Morgan fingerprint density at radius 3 is 1.82 bits per heavy atom. The van der Waals surface area contributed by atoms with Gasteiger partial charge in [0.1, 0.15) is 0 Å². The Balaban J connectivity index is 3.93. The van der Waals surface area contributed by atoms with Gasteiger partial charge in [0.25, 0.3) is 0 Å². The number of carbonyl (C=O) groups excluding carboxylic acids is 1. The molecule has 198 valence electrons. The van der Waals surface area contributed by atoms with Crippen molar-refractivity contribution in [2.24, 2.45) is 0 Å². The van der Waals surface area contributed by atoms with Crippen LogP contribution in [0, 0.1) is 0 Å². The first-order valence-corrected chi connectivity index (χ1v) is 14.2. The van der Waals surface area contributed by atoms with Crippen LogP contribution in [-0.4, -0.2) is 48.2 Å². The highest BCUT2D eigenvalue weighted by Crippen LogP contribution is 2.18. The molecule has 0 aliphatic carbocycles. The molecular weight excluding hydrogens is 416 g/mol. The van der Waals surface area contributed by atoms with E-state index >= 15 is 0 Å². The van der Waals surface area contributed by atoms with Crippen LogP contribution in [0.2, 0.25) is 0 Å². The molecule has 0 heterocycles. The van der Waals surface area contributed by atoms with Crippen LogP contribution in [0.3, 0.4) is 0 Å². The van der Waals surface area contributed by atoms with Crippen molar-refractivity contribution in [3.05, 3.63) is 0 Å². The molecule has 0 fully saturated rings. The third-order valence-corrected chi connectivity index (χ3v) is 6.34. The lowest BCUT2D eigenvalue weighted by molar-refractivity contribution is -0.143. The summed E-state index contributed by atoms with van der Waals surface area (Å²) in [6, 6.07) is 0. The van der Waals surface area contributed by atoms with Crippen LogP contribution < -0.4 is 0 Å². The van der Waals surface area contributed by atoms with E-state index < -0.39 is 6.10 Å². The van der Waals surface area contributed by atoms with E-state index in [1.165, 1.54) is 57.8 Å². The Labute approximate surface area is 205 Å². The predicted molar refractivity (Wildman–Crippen MR) is 137 cm³/mol. The van der Waals surface area contributed by atoms with Gasteiger partial charge in [-0.15, -0.1) is 0 Å². The minimum absolute atomic E-state index is 0.0819. The first-order chi connectivity index (χ1) is 16.2. The molecular formula is C28H56O5. The fourth-order valence-corrected chi connectivity index (χ4v) is 4.24. The highest BCUT2D eigenvalue weighted by Gasteiger charge is 2.19. The normalized spacial score (nSPS) is 13.2. The Hall–Kier alpha value is -0.650. The molecule has 0 aromatic carbocycles. The molecule has 5 nitrogen and oxygen atoms in total. The van der Waals surface area contributed by atoms with Crippen LogP contribution in [0.15, 0.2) is 0 Å². The van der Waals surface area contributed by atoms with Gasteiger partial charge in [0.15, 0.2) is 0 Å². The fourth-order valence-electron chi connectivity index (χ4n) is 4.24. The maximum Gasteiger partial charge on any atom is 0.305 e. The molecule has 33 heavy (non-hydrogen) atoms. The Morgan fingerprint density at radius 1 is 0.697 bits per heavy atom. The Bertz CT molecular complexity index is 402. The quantitative estimate of drug-likeness (QED) is 0.104. The predicted octanol–water partition coefficient (Wildman–Crippen LogP) is 7.11. The second-order valence-corrected chi connectivity index (χ2v) is 9.49. The number of hydrogen-bond donors (Lipinski definition) is 2. The summed E-state index contributed by atoms with van der Waals surface area (Å²) in [5.41, 5.74) is 0. The maximum atomic E-state index is 11.3. The second-order valence-electron chi connectivity index (χ2n) is 9.49. The minimum Gasteiger partial charge on any atom is -0.466 e. The number of hydrogen-bond acceptors (Lipinski definition) is 5. The summed E-state index contributed by atoms with van der Waals surface area (Å²) in [6.07, 6.45) is 21.5. The molecule has 0 spiro atoms. The van der Waals surface area contributed by atoms with Crippen molar-refractivity contribution >= 4 is 5.97 Å². The first kappa shape index (κ1) is 32.4. The van der Waals surface area contributed by atoms with Crippen LogP contribution in [-0.2, 0) is 14.3 Å². The molecule has 0 rings (SSSR count). The molecule has 0 aromatic rings. The van der Waals surface area contributed by atoms with Crippen LogP contribution in [0.4, 0.5) is 0 Å². The average molecular weight is 473 g/mol. The van der Waals surface area contributed by atoms with Gasteiger partial charge in [-0.25, -0.2) is 0 Å². The zero-order valence-electron chi connectivity index (χ0n) is 22.0. The molecule has 0 radical (unpaired) electrons. The molecule has 5 heteroatoms. The third kappa shape index (κ3) is 22.9. The van der Waals surface area contributed by atoms with Gasteiger partial charge in [0.2, 0.25) is 0 Å². The van der Waals surface area contributed by atoms with Crippen molar-refractivity contribution < 1.29 is 24.5 Å². The summed E-state index contributed by atoms with van der Waals surface area (Å²) in [6.45, 7) is 5.37. The maximum absolute atomic E-state index is 11.3. The van der Waals surface area contributed by atoms with Crippen molar-refractivity contribution in [3.8, 4) is 0 Å². The van der Waals surface area contributed by atoms with E-state index in [9.17, 15) is 9.90 Å². The molecule has 2 N–H and O–H groups in total. The van der Waals surface area contributed by atoms with Crippen LogP contribution in [0.25, 0.3) is 0 Å². The minimum atomic E-state index is -0.405. The molecule has 0 aliphatic rings. The van der Waals surface area contributed by atoms with Gasteiger partial charge in [0, 0.05) is 19.6 Å². The van der Waals surface area contributed by atoms with Crippen molar-refractivity contribution in [2.45, 2.75) is 154 Å². The van der Waals surface area contributed by atoms with E-state index in [0.29, 0.717) is 19.6 Å². The topological polar surface area (TPSA) is 76.0 Å². The van der Waals surface area contributed by atoms with Crippen molar-refractivity contribution in [2.75, 3.05) is 19.8 Å². The number of rotatable bonds is 26. The van der Waals surface area contributed by atoms with Gasteiger partial charge >= 0.3 is 5.97 Å². The third-order valence-electron chi connectivity index (χ3n) is 6.34.